The van der Waals surface area contributed by atoms with E-state index in [1.165, 1.54) is 10.4 Å². The van der Waals surface area contributed by atoms with Crippen molar-refractivity contribution >= 4 is 33.3 Å². The van der Waals surface area contributed by atoms with E-state index < -0.39 is 0 Å². The molecule has 3 heterocycles. The van der Waals surface area contributed by atoms with Gasteiger partial charge in [0.1, 0.15) is 10.6 Å². The Hall–Kier alpha value is -2.04. The molecule has 0 spiro atoms. The number of furan rings is 1. The molecule has 27 heavy (non-hydrogen) atoms. The van der Waals surface area contributed by atoms with Crippen LogP contribution in [-0.2, 0) is 19.4 Å². The molecule has 3 aromatic rings. The first-order chi connectivity index (χ1) is 13.2. The van der Waals surface area contributed by atoms with Crippen LogP contribution >= 0.6 is 23.1 Å². The van der Waals surface area contributed by atoms with E-state index in [-0.39, 0.29) is 5.56 Å². The fraction of sp³-hybridized carbons (Fsp3) is 0.450. The van der Waals surface area contributed by atoms with Crippen molar-refractivity contribution in [2.45, 2.75) is 50.7 Å². The Labute approximate surface area is 166 Å². The number of thiophene rings is 1. The van der Waals surface area contributed by atoms with Gasteiger partial charge in [0.2, 0.25) is 0 Å². The Morgan fingerprint density at radius 1 is 1.52 bits per heavy atom. The first-order valence-corrected chi connectivity index (χ1v) is 11.0. The van der Waals surface area contributed by atoms with Crippen LogP contribution in [0.25, 0.3) is 10.2 Å². The van der Waals surface area contributed by atoms with Crippen molar-refractivity contribution < 1.29 is 4.42 Å². The average Bonchev–Trinajstić information content (AvgIpc) is 3.28. The molecule has 0 bridgehead atoms. The first-order valence-electron chi connectivity index (χ1n) is 9.24. The molecule has 0 N–H and O–H groups in total. The molecule has 0 aromatic carbocycles. The van der Waals surface area contributed by atoms with E-state index in [1.54, 1.807) is 33.9 Å². The highest BCUT2D eigenvalue weighted by Crippen LogP contribution is 2.36. The van der Waals surface area contributed by atoms with Crippen molar-refractivity contribution in [1.82, 2.24) is 9.55 Å². The summed E-state index contributed by atoms with van der Waals surface area (Å²) in [6.45, 7) is 2.66. The Bertz CT molecular complexity index is 1040. The molecule has 0 amide bonds. The van der Waals surface area contributed by atoms with Gasteiger partial charge in [-0.05, 0) is 49.3 Å². The molecular formula is C20H21N3O2S2. The number of hydrogen-bond donors (Lipinski definition) is 0. The largest absolute Gasteiger partial charge is 0.467 e. The maximum atomic E-state index is 13.4. The van der Waals surface area contributed by atoms with Crippen LogP contribution in [0.3, 0.4) is 0 Å². The maximum Gasteiger partial charge on any atom is 0.263 e. The maximum absolute atomic E-state index is 13.4. The minimum atomic E-state index is 0.0336. The van der Waals surface area contributed by atoms with Gasteiger partial charge in [0.15, 0.2) is 5.16 Å². The molecule has 4 rings (SSSR count). The predicted molar refractivity (Wildman–Crippen MR) is 108 cm³/mol. The quantitative estimate of drug-likeness (QED) is 0.344. The van der Waals surface area contributed by atoms with Crippen LogP contribution in [0.2, 0.25) is 0 Å². The molecule has 5 nitrogen and oxygen atoms in total. The monoisotopic (exact) mass is 399 g/mol. The van der Waals surface area contributed by atoms with Crippen LogP contribution in [0.5, 0.6) is 0 Å². The smallest absolute Gasteiger partial charge is 0.263 e. The van der Waals surface area contributed by atoms with Gasteiger partial charge < -0.3 is 4.42 Å². The van der Waals surface area contributed by atoms with E-state index in [0.717, 1.165) is 47.4 Å². The number of aromatic nitrogens is 2. The van der Waals surface area contributed by atoms with E-state index in [0.29, 0.717) is 24.0 Å². The normalized spacial score (nSPS) is 16.4. The average molecular weight is 400 g/mol. The van der Waals surface area contributed by atoms with Gasteiger partial charge in [-0.2, -0.15) is 5.26 Å². The number of nitrogens with zero attached hydrogens (tertiary/aromatic N) is 3. The van der Waals surface area contributed by atoms with Crippen molar-refractivity contribution in [3.05, 3.63) is 45.0 Å². The lowest BCUT2D eigenvalue weighted by Gasteiger charge is -2.17. The molecule has 140 valence electrons. The fourth-order valence-corrected chi connectivity index (χ4v) is 5.89. The van der Waals surface area contributed by atoms with Crippen LogP contribution in [0.4, 0.5) is 0 Å². The topological polar surface area (TPSA) is 71.8 Å². The number of unbranched alkanes of at least 4 members (excludes halogenated alkanes) is 1. The summed E-state index contributed by atoms with van der Waals surface area (Å²) in [6.07, 6.45) is 6.06. The molecule has 0 unspecified atom stereocenters. The minimum Gasteiger partial charge on any atom is -0.467 e. The van der Waals surface area contributed by atoms with Gasteiger partial charge in [0, 0.05) is 17.1 Å². The van der Waals surface area contributed by atoms with Gasteiger partial charge in [0.25, 0.3) is 5.56 Å². The minimum absolute atomic E-state index is 0.0336. The highest BCUT2D eigenvalue weighted by Gasteiger charge is 2.25. The summed E-state index contributed by atoms with van der Waals surface area (Å²) in [5.74, 6) is 2.18. The number of rotatable bonds is 6. The van der Waals surface area contributed by atoms with Crippen LogP contribution in [0, 0.1) is 17.2 Å². The Morgan fingerprint density at radius 2 is 2.41 bits per heavy atom. The standard InChI is InChI=1S/C20H21N3O2S2/c1-13-6-7-15-16(11-13)27-18-17(15)19(24)23(12-14-5-4-9-25-14)20(22-18)26-10-3-2-8-21/h4-5,9,13H,2-3,6-7,10-12H2,1H3/t13-/m0/s1. The number of nitriles is 1. The van der Waals surface area contributed by atoms with Crippen molar-refractivity contribution in [2.75, 3.05) is 5.75 Å². The molecule has 0 fully saturated rings. The van der Waals surface area contributed by atoms with Gasteiger partial charge in [-0.15, -0.1) is 11.3 Å². The third kappa shape index (κ3) is 3.69. The van der Waals surface area contributed by atoms with Gasteiger partial charge in [0.05, 0.1) is 24.3 Å². The summed E-state index contributed by atoms with van der Waals surface area (Å²) in [5.41, 5.74) is 1.24. The zero-order valence-electron chi connectivity index (χ0n) is 15.2. The molecule has 3 aromatic heterocycles. The lowest BCUT2D eigenvalue weighted by Crippen LogP contribution is -2.24. The van der Waals surface area contributed by atoms with E-state index in [2.05, 4.69) is 13.0 Å². The van der Waals surface area contributed by atoms with Crippen molar-refractivity contribution in [2.24, 2.45) is 5.92 Å². The van der Waals surface area contributed by atoms with Gasteiger partial charge in [-0.1, -0.05) is 18.7 Å². The Balaban J connectivity index is 1.79. The third-order valence-electron chi connectivity index (χ3n) is 4.94. The van der Waals surface area contributed by atoms with Gasteiger partial charge >= 0.3 is 0 Å². The van der Waals surface area contributed by atoms with Crippen LogP contribution in [0.1, 0.15) is 42.4 Å². The molecule has 0 saturated heterocycles. The lowest BCUT2D eigenvalue weighted by atomic mass is 9.89. The van der Waals surface area contributed by atoms with E-state index in [4.69, 9.17) is 14.7 Å². The second kappa shape index (κ2) is 7.91. The number of fused-ring (bicyclic) bond motifs is 3. The second-order valence-electron chi connectivity index (χ2n) is 7.01. The summed E-state index contributed by atoms with van der Waals surface area (Å²) in [5, 5.41) is 10.3. The molecule has 1 aliphatic rings. The summed E-state index contributed by atoms with van der Waals surface area (Å²) < 4.78 is 7.21. The first kappa shape index (κ1) is 18.3. The number of thioether (sulfide) groups is 1. The van der Waals surface area contributed by atoms with Crippen LogP contribution < -0.4 is 5.56 Å². The molecule has 0 aliphatic heterocycles. The summed E-state index contributed by atoms with van der Waals surface area (Å²) in [4.78, 5) is 20.4. The molecular weight excluding hydrogens is 378 g/mol. The summed E-state index contributed by atoms with van der Waals surface area (Å²) in [6, 6.07) is 5.88. The predicted octanol–water partition coefficient (Wildman–Crippen LogP) is 4.62. The molecule has 0 radical (unpaired) electrons. The van der Waals surface area contributed by atoms with Crippen molar-refractivity contribution in [1.29, 1.82) is 5.26 Å². The second-order valence-corrected chi connectivity index (χ2v) is 9.15. The van der Waals surface area contributed by atoms with E-state index in [1.807, 2.05) is 12.1 Å². The van der Waals surface area contributed by atoms with E-state index in [9.17, 15) is 4.79 Å². The zero-order valence-corrected chi connectivity index (χ0v) is 16.9. The molecule has 7 heteroatoms. The number of aryl methyl sites for hydroxylation is 1. The summed E-state index contributed by atoms with van der Waals surface area (Å²) >= 11 is 3.23. The third-order valence-corrected chi connectivity index (χ3v) is 7.15. The molecule has 1 aliphatic carbocycles. The summed E-state index contributed by atoms with van der Waals surface area (Å²) in [7, 11) is 0. The fourth-order valence-electron chi connectivity index (χ4n) is 3.53. The highest BCUT2D eigenvalue weighted by atomic mass is 32.2. The lowest BCUT2D eigenvalue weighted by molar-refractivity contribution is 0.476. The van der Waals surface area contributed by atoms with E-state index >= 15 is 0 Å². The van der Waals surface area contributed by atoms with Crippen molar-refractivity contribution in [3.8, 4) is 6.07 Å². The van der Waals surface area contributed by atoms with Crippen LogP contribution in [-0.4, -0.2) is 15.3 Å². The molecule has 1 atom stereocenters. The van der Waals surface area contributed by atoms with Gasteiger partial charge in [-0.3, -0.25) is 9.36 Å². The highest BCUT2D eigenvalue weighted by molar-refractivity contribution is 7.99. The van der Waals surface area contributed by atoms with Gasteiger partial charge in [-0.25, -0.2) is 4.98 Å². The SMILES string of the molecule is C[C@H]1CCc2c(sc3nc(SCCCC#N)n(Cc4ccco4)c(=O)c23)C1. The zero-order chi connectivity index (χ0) is 18.8. The Morgan fingerprint density at radius 3 is 3.19 bits per heavy atom. The van der Waals surface area contributed by atoms with Crippen molar-refractivity contribution in [3.63, 3.8) is 0 Å². The Kier molecular flexibility index (Phi) is 5.37. The number of hydrogen-bond acceptors (Lipinski definition) is 6. The molecule has 0 saturated carbocycles. The van der Waals surface area contributed by atoms with Crippen LogP contribution in [0.15, 0.2) is 32.8 Å².